The molecule has 2 heterocycles. The first-order valence-electron chi connectivity index (χ1n) is 8.04. The van der Waals surface area contributed by atoms with Crippen molar-refractivity contribution in [2.24, 2.45) is 0 Å². The van der Waals surface area contributed by atoms with Crippen molar-refractivity contribution in [3.8, 4) is 5.69 Å². The summed E-state index contributed by atoms with van der Waals surface area (Å²) in [6.45, 7) is 5.08. The van der Waals surface area contributed by atoms with E-state index in [-0.39, 0.29) is 5.91 Å². The third-order valence-electron chi connectivity index (χ3n) is 4.28. The van der Waals surface area contributed by atoms with Crippen LogP contribution in [0.15, 0.2) is 35.7 Å². The number of thioether (sulfide) groups is 1. The Morgan fingerprint density at radius 3 is 2.83 bits per heavy atom. The Morgan fingerprint density at radius 2 is 2.09 bits per heavy atom. The first-order valence-corrected chi connectivity index (χ1v) is 9.03. The highest BCUT2D eigenvalue weighted by Gasteiger charge is 2.23. The first kappa shape index (κ1) is 16.1. The van der Waals surface area contributed by atoms with Crippen molar-refractivity contribution in [1.29, 1.82) is 0 Å². The molecule has 5 nitrogen and oxygen atoms in total. The second kappa shape index (κ2) is 7.17. The molecule has 6 heteroatoms. The fourth-order valence-corrected chi connectivity index (χ4v) is 3.70. The Kier molecular flexibility index (Phi) is 5.00. The Labute approximate surface area is 141 Å². The molecule has 1 fully saturated rings. The molecule has 0 radical (unpaired) electrons. The molecule has 2 aromatic rings. The van der Waals surface area contributed by atoms with Crippen LogP contribution in [0.5, 0.6) is 0 Å². The van der Waals surface area contributed by atoms with Gasteiger partial charge in [-0.1, -0.05) is 29.5 Å². The van der Waals surface area contributed by atoms with Gasteiger partial charge < -0.3 is 4.90 Å². The third kappa shape index (κ3) is 3.75. The molecule has 1 atom stereocenters. The number of carbonyl (C=O) groups excluding carboxylic acids is 1. The summed E-state index contributed by atoms with van der Waals surface area (Å²) in [5.74, 6) is 0.607. The SMILES string of the molecule is Cc1ccc(-n2cnnc2SCC(=O)N2CCCCC2C)cc1. The van der Waals surface area contributed by atoms with E-state index in [9.17, 15) is 4.79 Å². The van der Waals surface area contributed by atoms with Gasteiger partial charge in [0.1, 0.15) is 6.33 Å². The van der Waals surface area contributed by atoms with Crippen molar-refractivity contribution in [3.63, 3.8) is 0 Å². The van der Waals surface area contributed by atoms with Gasteiger partial charge in [0.2, 0.25) is 5.91 Å². The van der Waals surface area contributed by atoms with E-state index >= 15 is 0 Å². The monoisotopic (exact) mass is 330 g/mol. The molecule has 23 heavy (non-hydrogen) atoms. The summed E-state index contributed by atoms with van der Waals surface area (Å²) in [5, 5.41) is 8.91. The molecule has 1 saturated heterocycles. The highest BCUT2D eigenvalue weighted by molar-refractivity contribution is 7.99. The topological polar surface area (TPSA) is 51.0 Å². The lowest BCUT2D eigenvalue weighted by atomic mass is 10.0. The predicted octanol–water partition coefficient (Wildman–Crippen LogP) is 3.07. The van der Waals surface area contributed by atoms with Crippen LogP contribution in [0, 0.1) is 6.92 Å². The average Bonchev–Trinajstić information content (AvgIpc) is 3.02. The van der Waals surface area contributed by atoms with E-state index in [0.717, 1.165) is 30.2 Å². The Morgan fingerprint density at radius 1 is 1.30 bits per heavy atom. The van der Waals surface area contributed by atoms with Crippen LogP contribution in [0.2, 0.25) is 0 Å². The van der Waals surface area contributed by atoms with Crippen molar-refractivity contribution in [2.75, 3.05) is 12.3 Å². The molecule has 1 amide bonds. The van der Waals surface area contributed by atoms with Gasteiger partial charge in [-0.3, -0.25) is 9.36 Å². The van der Waals surface area contributed by atoms with Crippen LogP contribution in [0.3, 0.4) is 0 Å². The molecule has 0 saturated carbocycles. The number of piperidine rings is 1. The molecule has 0 spiro atoms. The zero-order valence-corrected chi connectivity index (χ0v) is 14.4. The summed E-state index contributed by atoms with van der Waals surface area (Å²) in [4.78, 5) is 14.4. The van der Waals surface area contributed by atoms with E-state index < -0.39 is 0 Å². The lowest BCUT2D eigenvalue weighted by Gasteiger charge is -2.33. The van der Waals surface area contributed by atoms with Gasteiger partial charge in [0.05, 0.1) is 5.75 Å². The third-order valence-corrected chi connectivity index (χ3v) is 5.20. The molecule has 1 aliphatic rings. The summed E-state index contributed by atoms with van der Waals surface area (Å²) < 4.78 is 1.93. The number of nitrogens with zero attached hydrogens (tertiary/aromatic N) is 4. The molecule has 1 unspecified atom stereocenters. The Bertz CT molecular complexity index is 667. The fourth-order valence-electron chi connectivity index (χ4n) is 2.88. The van der Waals surface area contributed by atoms with E-state index in [0.29, 0.717) is 11.8 Å². The Balaban J connectivity index is 1.66. The maximum absolute atomic E-state index is 12.4. The van der Waals surface area contributed by atoms with Crippen LogP contribution < -0.4 is 0 Å². The molecule has 1 aromatic heterocycles. The second-order valence-corrected chi connectivity index (χ2v) is 6.98. The second-order valence-electron chi connectivity index (χ2n) is 6.04. The average molecular weight is 330 g/mol. The van der Waals surface area contributed by atoms with Crippen LogP contribution in [-0.4, -0.2) is 43.9 Å². The first-order chi connectivity index (χ1) is 11.1. The molecule has 122 valence electrons. The summed E-state index contributed by atoms with van der Waals surface area (Å²) in [5.41, 5.74) is 2.23. The van der Waals surface area contributed by atoms with Gasteiger partial charge in [-0.05, 0) is 45.2 Å². The standard InChI is InChI=1S/C17H22N4OS/c1-13-6-8-15(9-7-13)21-12-18-19-17(21)23-11-16(22)20-10-4-3-5-14(20)2/h6-9,12,14H,3-5,10-11H2,1-2H3. The van der Waals surface area contributed by atoms with Gasteiger partial charge in [0, 0.05) is 18.3 Å². The minimum Gasteiger partial charge on any atom is -0.339 e. The lowest BCUT2D eigenvalue weighted by Crippen LogP contribution is -2.42. The number of hydrogen-bond acceptors (Lipinski definition) is 4. The number of hydrogen-bond donors (Lipinski definition) is 0. The minimum atomic E-state index is 0.195. The van der Waals surface area contributed by atoms with Gasteiger partial charge in [-0.15, -0.1) is 10.2 Å². The van der Waals surface area contributed by atoms with E-state index in [1.54, 1.807) is 6.33 Å². The quantitative estimate of drug-likeness (QED) is 0.809. The Hall–Kier alpha value is -1.82. The number of aromatic nitrogens is 3. The molecule has 1 aromatic carbocycles. The van der Waals surface area contributed by atoms with Crippen molar-refractivity contribution in [3.05, 3.63) is 36.2 Å². The highest BCUT2D eigenvalue weighted by atomic mass is 32.2. The van der Waals surface area contributed by atoms with Crippen molar-refractivity contribution in [1.82, 2.24) is 19.7 Å². The van der Waals surface area contributed by atoms with E-state index in [2.05, 4.69) is 36.2 Å². The molecular formula is C17H22N4OS. The van der Waals surface area contributed by atoms with Crippen LogP contribution in [0.25, 0.3) is 5.69 Å². The smallest absolute Gasteiger partial charge is 0.233 e. The van der Waals surface area contributed by atoms with Crippen LogP contribution >= 0.6 is 11.8 Å². The minimum absolute atomic E-state index is 0.195. The van der Waals surface area contributed by atoms with Crippen molar-refractivity contribution in [2.45, 2.75) is 44.3 Å². The summed E-state index contributed by atoms with van der Waals surface area (Å²) >= 11 is 1.45. The normalized spacial score (nSPS) is 18.2. The van der Waals surface area contributed by atoms with Crippen LogP contribution in [0.1, 0.15) is 31.7 Å². The largest absolute Gasteiger partial charge is 0.339 e. The number of carbonyl (C=O) groups is 1. The molecule has 0 aliphatic carbocycles. The lowest BCUT2D eigenvalue weighted by molar-refractivity contribution is -0.131. The van der Waals surface area contributed by atoms with Crippen molar-refractivity contribution >= 4 is 17.7 Å². The van der Waals surface area contributed by atoms with Crippen LogP contribution in [-0.2, 0) is 4.79 Å². The summed E-state index contributed by atoms with van der Waals surface area (Å²) in [7, 11) is 0. The number of aryl methyl sites for hydroxylation is 1. The van der Waals surface area contributed by atoms with Gasteiger partial charge >= 0.3 is 0 Å². The van der Waals surface area contributed by atoms with E-state index in [1.165, 1.54) is 23.7 Å². The maximum atomic E-state index is 12.4. The van der Waals surface area contributed by atoms with E-state index in [1.807, 2.05) is 21.6 Å². The van der Waals surface area contributed by atoms with Gasteiger partial charge in [0.15, 0.2) is 5.16 Å². The highest BCUT2D eigenvalue weighted by Crippen LogP contribution is 2.22. The maximum Gasteiger partial charge on any atom is 0.233 e. The van der Waals surface area contributed by atoms with E-state index in [4.69, 9.17) is 0 Å². The fraction of sp³-hybridized carbons (Fsp3) is 0.471. The summed E-state index contributed by atoms with van der Waals surface area (Å²) in [6, 6.07) is 8.55. The zero-order valence-electron chi connectivity index (χ0n) is 13.6. The molecule has 0 bridgehead atoms. The number of benzene rings is 1. The number of likely N-dealkylation sites (tertiary alicyclic amines) is 1. The molecule has 0 N–H and O–H groups in total. The van der Waals surface area contributed by atoms with Gasteiger partial charge in [0.25, 0.3) is 0 Å². The molecular weight excluding hydrogens is 308 g/mol. The van der Waals surface area contributed by atoms with Gasteiger partial charge in [-0.25, -0.2) is 0 Å². The van der Waals surface area contributed by atoms with Gasteiger partial charge in [-0.2, -0.15) is 0 Å². The predicted molar refractivity (Wildman–Crippen MR) is 91.8 cm³/mol. The summed E-state index contributed by atoms with van der Waals surface area (Å²) in [6.07, 6.45) is 5.14. The molecule has 3 rings (SSSR count). The number of amides is 1. The zero-order chi connectivity index (χ0) is 16.2. The van der Waals surface area contributed by atoms with Crippen molar-refractivity contribution < 1.29 is 4.79 Å². The number of rotatable bonds is 4. The van der Waals surface area contributed by atoms with Crippen LogP contribution in [0.4, 0.5) is 0 Å². The molecule has 1 aliphatic heterocycles.